The lowest BCUT2D eigenvalue weighted by atomic mass is 10.00. The number of hydrogen-bond acceptors (Lipinski definition) is 2. The predicted octanol–water partition coefficient (Wildman–Crippen LogP) is 8.68. The van der Waals surface area contributed by atoms with Crippen molar-refractivity contribution in [2.45, 2.75) is 0 Å². The second-order valence-corrected chi connectivity index (χ2v) is 8.51. The molecule has 4 aromatic carbocycles. The molecule has 6 rings (SSSR count). The van der Waals surface area contributed by atoms with Crippen LogP contribution in [0.15, 0.2) is 90.6 Å². The third kappa shape index (κ3) is 2.19. The Balaban J connectivity index is 1.76. The smallest absolute Gasteiger partial charge is 0.149 e. The normalized spacial score (nSPS) is 11.9. The van der Waals surface area contributed by atoms with Crippen molar-refractivity contribution in [3.8, 4) is 11.1 Å². The first kappa shape index (κ1) is 16.4. The van der Waals surface area contributed by atoms with Gasteiger partial charge in [0.05, 0.1) is 8.95 Å². The van der Waals surface area contributed by atoms with E-state index >= 15 is 0 Å². The quantitative estimate of drug-likeness (QED) is 0.230. The monoisotopic (exact) mass is 490 g/mol. The van der Waals surface area contributed by atoms with Crippen molar-refractivity contribution in [2.75, 3.05) is 0 Å². The summed E-state index contributed by atoms with van der Waals surface area (Å²) in [4.78, 5) is 0. The van der Waals surface area contributed by atoms with Crippen LogP contribution in [0.4, 0.5) is 0 Å². The molecule has 0 aliphatic heterocycles. The fourth-order valence-electron chi connectivity index (χ4n) is 4.00. The van der Waals surface area contributed by atoms with Crippen LogP contribution in [0.3, 0.4) is 0 Å². The maximum Gasteiger partial charge on any atom is 0.149 e. The van der Waals surface area contributed by atoms with Gasteiger partial charge in [0.25, 0.3) is 0 Å². The minimum Gasteiger partial charge on any atom is -0.454 e. The molecule has 0 saturated heterocycles. The number of furan rings is 2. The van der Waals surface area contributed by atoms with E-state index in [2.05, 4.69) is 80.4 Å². The van der Waals surface area contributed by atoms with Gasteiger partial charge in [-0.15, -0.1) is 0 Å². The van der Waals surface area contributed by atoms with Gasteiger partial charge in [-0.3, -0.25) is 0 Å². The lowest BCUT2D eigenvalue weighted by molar-refractivity contribution is 0.663. The number of para-hydroxylation sites is 4. The number of hydrogen-bond donors (Lipinski definition) is 0. The van der Waals surface area contributed by atoms with Gasteiger partial charge in [0.1, 0.15) is 22.3 Å². The van der Waals surface area contributed by atoms with Gasteiger partial charge in [0.2, 0.25) is 0 Å². The number of fused-ring (bicyclic) bond motifs is 6. The van der Waals surface area contributed by atoms with Crippen molar-refractivity contribution in [2.24, 2.45) is 0 Å². The minimum atomic E-state index is 0.865. The highest BCUT2D eigenvalue weighted by atomic mass is 79.9. The Morgan fingerprint density at radius 1 is 0.429 bits per heavy atom. The molecular weight excluding hydrogens is 480 g/mol. The van der Waals surface area contributed by atoms with E-state index in [1.165, 1.54) is 0 Å². The molecule has 0 amide bonds. The van der Waals surface area contributed by atoms with E-state index in [-0.39, 0.29) is 0 Å². The average molecular weight is 492 g/mol. The molecule has 0 atom stereocenters. The van der Waals surface area contributed by atoms with Crippen LogP contribution in [0.1, 0.15) is 0 Å². The predicted molar refractivity (Wildman–Crippen MR) is 122 cm³/mol. The maximum absolute atomic E-state index is 6.32. The van der Waals surface area contributed by atoms with Gasteiger partial charge in [-0.05, 0) is 44.0 Å². The molecule has 2 aromatic heterocycles. The van der Waals surface area contributed by atoms with E-state index < -0.39 is 0 Å². The van der Waals surface area contributed by atoms with Crippen LogP contribution in [0.2, 0.25) is 0 Å². The van der Waals surface area contributed by atoms with Gasteiger partial charge in [-0.25, -0.2) is 0 Å². The van der Waals surface area contributed by atoms with Crippen LogP contribution >= 0.6 is 31.9 Å². The summed E-state index contributed by atoms with van der Waals surface area (Å²) in [7, 11) is 0. The summed E-state index contributed by atoms with van der Waals surface area (Å²) in [6.45, 7) is 0. The number of rotatable bonds is 1. The Hall–Kier alpha value is -2.56. The molecule has 0 aliphatic carbocycles. The molecule has 0 unspecified atom stereocenters. The maximum atomic E-state index is 6.32. The Bertz CT molecular complexity index is 1420. The Labute approximate surface area is 177 Å². The highest BCUT2D eigenvalue weighted by Crippen LogP contribution is 2.42. The van der Waals surface area contributed by atoms with Gasteiger partial charge in [-0.2, -0.15) is 0 Å². The van der Waals surface area contributed by atoms with Crippen LogP contribution in [0.25, 0.3) is 55.0 Å². The Kier molecular flexibility index (Phi) is 3.49. The van der Waals surface area contributed by atoms with Crippen LogP contribution in [-0.2, 0) is 0 Å². The summed E-state index contributed by atoms with van der Waals surface area (Å²) >= 11 is 7.22. The summed E-state index contributed by atoms with van der Waals surface area (Å²) in [5, 5.41) is 4.41. The van der Waals surface area contributed by atoms with Gasteiger partial charge in [-0.1, -0.05) is 60.7 Å². The van der Waals surface area contributed by atoms with Crippen molar-refractivity contribution in [3.05, 3.63) is 81.7 Å². The highest BCUT2D eigenvalue weighted by Gasteiger charge is 2.18. The molecule has 0 fully saturated rings. The summed E-state index contributed by atoms with van der Waals surface area (Å²) in [6.07, 6.45) is 0. The number of benzene rings is 4. The molecule has 4 heteroatoms. The van der Waals surface area contributed by atoms with Crippen LogP contribution in [0, 0.1) is 0 Å². The number of halogens is 2. The van der Waals surface area contributed by atoms with Gasteiger partial charge in [0, 0.05) is 32.7 Å². The molecule has 0 aliphatic rings. The van der Waals surface area contributed by atoms with E-state index in [1.54, 1.807) is 0 Å². The zero-order valence-electron chi connectivity index (χ0n) is 14.5. The standard InChI is InChI=1S/C24H12Br2O2/c25-19-11-3-9-17-15-7-1-5-13(21(15)27-23(17)19)14-6-2-8-16-18-10-4-12-20(26)24(18)28-22(14)16/h1-12H. The second kappa shape index (κ2) is 5.97. The second-order valence-electron chi connectivity index (χ2n) is 6.80. The minimum absolute atomic E-state index is 0.865. The first-order valence-corrected chi connectivity index (χ1v) is 10.5. The third-order valence-electron chi connectivity index (χ3n) is 5.24. The lowest BCUT2D eigenvalue weighted by Gasteiger charge is -2.03. The molecule has 0 bridgehead atoms. The van der Waals surface area contributed by atoms with Crippen LogP contribution in [0.5, 0.6) is 0 Å². The van der Waals surface area contributed by atoms with Crippen molar-refractivity contribution in [3.63, 3.8) is 0 Å². The fraction of sp³-hybridized carbons (Fsp3) is 0. The van der Waals surface area contributed by atoms with E-state index in [0.29, 0.717) is 0 Å². The topological polar surface area (TPSA) is 26.3 Å². The van der Waals surface area contributed by atoms with Crippen LogP contribution in [-0.4, -0.2) is 0 Å². The first-order valence-electron chi connectivity index (χ1n) is 8.92. The summed E-state index contributed by atoms with van der Waals surface area (Å²) in [6, 6.07) is 24.8. The zero-order valence-corrected chi connectivity index (χ0v) is 17.7. The summed E-state index contributed by atoms with van der Waals surface area (Å²) in [5.41, 5.74) is 5.53. The molecule has 134 valence electrons. The Morgan fingerprint density at radius 2 is 0.786 bits per heavy atom. The van der Waals surface area contributed by atoms with Crippen molar-refractivity contribution < 1.29 is 8.83 Å². The molecule has 0 spiro atoms. The third-order valence-corrected chi connectivity index (χ3v) is 6.49. The molecule has 2 heterocycles. The van der Waals surface area contributed by atoms with Gasteiger partial charge >= 0.3 is 0 Å². The van der Waals surface area contributed by atoms with Gasteiger partial charge < -0.3 is 8.83 Å². The molecule has 6 aromatic rings. The largest absolute Gasteiger partial charge is 0.454 e. The first-order chi connectivity index (χ1) is 13.7. The SMILES string of the molecule is Brc1cccc2c1oc1c(-c3cccc4c3oc3c(Br)cccc34)cccc12. The van der Waals surface area contributed by atoms with Crippen LogP contribution < -0.4 is 0 Å². The Morgan fingerprint density at radius 3 is 1.21 bits per heavy atom. The van der Waals surface area contributed by atoms with Crippen molar-refractivity contribution >= 4 is 75.7 Å². The average Bonchev–Trinajstić information content (AvgIpc) is 3.28. The fourth-order valence-corrected chi connectivity index (χ4v) is 4.89. The molecule has 0 saturated carbocycles. The summed E-state index contributed by atoms with van der Waals surface area (Å²) < 4.78 is 14.5. The van der Waals surface area contributed by atoms with E-state index in [0.717, 1.165) is 63.9 Å². The highest BCUT2D eigenvalue weighted by molar-refractivity contribution is 9.11. The molecular formula is C24H12Br2O2. The molecule has 28 heavy (non-hydrogen) atoms. The van der Waals surface area contributed by atoms with Crippen molar-refractivity contribution in [1.82, 2.24) is 0 Å². The van der Waals surface area contributed by atoms with E-state index in [1.807, 2.05) is 24.3 Å². The molecule has 0 N–H and O–H groups in total. The van der Waals surface area contributed by atoms with Gasteiger partial charge in [0.15, 0.2) is 0 Å². The van der Waals surface area contributed by atoms with E-state index in [4.69, 9.17) is 8.83 Å². The summed E-state index contributed by atoms with van der Waals surface area (Å²) in [5.74, 6) is 0. The molecule has 0 radical (unpaired) electrons. The zero-order chi connectivity index (χ0) is 18.8. The molecule has 2 nitrogen and oxygen atoms in total. The van der Waals surface area contributed by atoms with Crippen molar-refractivity contribution in [1.29, 1.82) is 0 Å². The lowest BCUT2D eigenvalue weighted by Crippen LogP contribution is -1.80. The van der Waals surface area contributed by atoms with E-state index in [9.17, 15) is 0 Å².